The van der Waals surface area contributed by atoms with E-state index in [9.17, 15) is 19.7 Å². The molecule has 0 radical (unpaired) electrons. The summed E-state index contributed by atoms with van der Waals surface area (Å²) in [4.78, 5) is 33.2. The lowest BCUT2D eigenvalue weighted by atomic mass is 10.1. The smallest absolute Gasteiger partial charge is 0.347 e. The van der Waals surface area contributed by atoms with Gasteiger partial charge in [0.25, 0.3) is 0 Å². The van der Waals surface area contributed by atoms with Gasteiger partial charge in [-0.3, -0.25) is 10.1 Å². The molecule has 8 nitrogen and oxygen atoms in total. The molecule has 1 aromatic carbocycles. The van der Waals surface area contributed by atoms with Crippen LogP contribution in [-0.2, 0) is 9.53 Å². The number of ether oxygens (including phenoxy) is 2. The van der Waals surface area contributed by atoms with Gasteiger partial charge in [0.2, 0.25) is 5.75 Å². The maximum absolute atomic E-state index is 11.7. The topological polar surface area (TPSA) is 116 Å². The van der Waals surface area contributed by atoms with Crippen LogP contribution in [0, 0.1) is 10.1 Å². The zero-order chi connectivity index (χ0) is 16.9. The molecule has 0 aliphatic rings. The minimum Gasteiger partial charge on any atom is -0.478 e. The van der Waals surface area contributed by atoms with Crippen LogP contribution in [-0.4, -0.2) is 34.7 Å². The zero-order valence-corrected chi connectivity index (χ0v) is 12.6. The maximum Gasteiger partial charge on any atom is 0.347 e. The highest BCUT2D eigenvalue weighted by atomic mass is 35.5. The van der Waals surface area contributed by atoms with Crippen LogP contribution in [0.3, 0.4) is 0 Å². The number of carboxylic acids is 1. The van der Waals surface area contributed by atoms with Crippen LogP contribution in [0.5, 0.6) is 5.75 Å². The van der Waals surface area contributed by atoms with E-state index < -0.39 is 40.0 Å². The summed E-state index contributed by atoms with van der Waals surface area (Å²) in [6, 6.07) is 1.98. The lowest BCUT2D eigenvalue weighted by Gasteiger charge is -2.17. The Kier molecular flexibility index (Phi) is 6.11. The number of carboxylic acid groups (broad SMARTS) is 1. The third-order valence-electron chi connectivity index (χ3n) is 2.64. The molecule has 120 valence electrons. The molecule has 1 rings (SSSR count). The Morgan fingerprint density at radius 3 is 2.50 bits per heavy atom. The van der Waals surface area contributed by atoms with Gasteiger partial charge in [-0.15, -0.1) is 0 Å². The second-order valence-electron chi connectivity index (χ2n) is 4.13. The van der Waals surface area contributed by atoms with E-state index in [-0.39, 0.29) is 18.1 Å². The first-order chi connectivity index (χ1) is 10.3. The number of carbonyl (C=O) groups is 2. The van der Waals surface area contributed by atoms with Crippen molar-refractivity contribution in [3.8, 4) is 5.75 Å². The van der Waals surface area contributed by atoms with Crippen molar-refractivity contribution in [2.24, 2.45) is 0 Å². The molecule has 1 unspecified atom stereocenters. The molecule has 0 aliphatic carbocycles. The molecule has 1 N–H and O–H groups in total. The number of nitrogens with zero attached hydrogens (tertiary/aromatic N) is 1. The predicted molar refractivity (Wildman–Crippen MR) is 76.4 cm³/mol. The van der Waals surface area contributed by atoms with E-state index in [1.54, 1.807) is 13.8 Å². The molecule has 0 spiro atoms. The van der Waals surface area contributed by atoms with Crippen molar-refractivity contribution in [1.82, 2.24) is 0 Å². The van der Waals surface area contributed by atoms with E-state index in [0.29, 0.717) is 0 Å². The number of esters is 1. The molecule has 9 heteroatoms. The van der Waals surface area contributed by atoms with Crippen LogP contribution in [0.2, 0.25) is 5.02 Å². The Bertz CT molecular complexity index is 567. The highest BCUT2D eigenvalue weighted by Crippen LogP contribution is 2.35. The third-order valence-corrected chi connectivity index (χ3v) is 2.86. The second kappa shape index (κ2) is 7.60. The van der Waals surface area contributed by atoms with Crippen LogP contribution >= 0.6 is 11.6 Å². The minimum atomic E-state index is -1.46. The van der Waals surface area contributed by atoms with Crippen molar-refractivity contribution in [2.45, 2.75) is 26.4 Å². The number of hydrogen-bond donors (Lipinski definition) is 1. The van der Waals surface area contributed by atoms with Crippen LogP contribution in [0.1, 0.15) is 30.6 Å². The lowest BCUT2D eigenvalue weighted by molar-refractivity contribution is -0.386. The van der Waals surface area contributed by atoms with Gasteiger partial charge in [-0.25, -0.2) is 9.59 Å². The zero-order valence-electron chi connectivity index (χ0n) is 11.9. The van der Waals surface area contributed by atoms with Gasteiger partial charge < -0.3 is 14.6 Å². The summed E-state index contributed by atoms with van der Waals surface area (Å²) in [5.41, 5.74) is -1.13. The molecule has 0 aliphatic heterocycles. The molecule has 0 fully saturated rings. The highest BCUT2D eigenvalue weighted by Gasteiger charge is 2.29. The quantitative estimate of drug-likeness (QED) is 0.463. The number of hydrogen-bond acceptors (Lipinski definition) is 6. The van der Waals surface area contributed by atoms with E-state index in [1.807, 2.05) is 0 Å². The van der Waals surface area contributed by atoms with Gasteiger partial charge in [0.15, 0.2) is 6.10 Å². The number of rotatable bonds is 7. The standard InChI is InChI=1S/C13H14ClNO7/c1-3-10(13(18)21-4-2)22-11-8(12(16)17)5-7(14)6-9(11)15(19)20/h5-6,10H,3-4H2,1-2H3,(H,16,17). The summed E-state index contributed by atoms with van der Waals surface area (Å²) in [5.74, 6) is -2.72. The number of nitro benzene ring substituents is 1. The molecule has 0 amide bonds. The van der Waals surface area contributed by atoms with Gasteiger partial charge in [0, 0.05) is 11.1 Å². The number of aromatic carboxylic acids is 1. The summed E-state index contributed by atoms with van der Waals surface area (Å²) in [5, 5.41) is 20.1. The molecule has 22 heavy (non-hydrogen) atoms. The van der Waals surface area contributed by atoms with Crippen molar-refractivity contribution >= 4 is 29.2 Å². The summed E-state index contributed by atoms with van der Waals surface area (Å²) in [7, 11) is 0. The summed E-state index contributed by atoms with van der Waals surface area (Å²) >= 11 is 5.68. The Labute approximate surface area is 130 Å². The van der Waals surface area contributed by atoms with Gasteiger partial charge in [0.05, 0.1) is 11.5 Å². The lowest BCUT2D eigenvalue weighted by Crippen LogP contribution is -2.29. The van der Waals surface area contributed by atoms with Gasteiger partial charge in [-0.1, -0.05) is 18.5 Å². The van der Waals surface area contributed by atoms with Crippen LogP contribution in [0.15, 0.2) is 12.1 Å². The second-order valence-corrected chi connectivity index (χ2v) is 4.57. The average Bonchev–Trinajstić information content (AvgIpc) is 2.44. The van der Waals surface area contributed by atoms with Gasteiger partial charge in [-0.2, -0.15) is 0 Å². The third kappa shape index (κ3) is 4.08. The Balaban J connectivity index is 3.34. The molecular weight excluding hydrogens is 318 g/mol. The molecule has 0 saturated carbocycles. The van der Waals surface area contributed by atoms with E-state index in [0.717, 1.165) is 12.1 Å². The van der Waals surface area contributed by atoms with E-state index in [1.165, 1.54) is 0 Å². The average molecular weight is 332 g/mol. The van der Waals surface area contributed by atoms with Crippen LogP contribution in [0.4, 0.5) is 5.69 Å². The van der Waals surface area contributed by atoms with Gasteiger partial charge in [-0.05, 0) is 19.4 Å². The summed E-state index contributed by atoms with van der Waals surface area (Å²) in [6.45, 7) is 3.30. The molecule has 0 heterocycles. The molecule has 0 saturated heterocycles. The predicted octanol–water partition coefficient (Wildman–Crippen LogP) is 2.67. The normalized spacial score (nSPS) is 11.6. The fraction of sp³-hybridized carbons (Fsp3) is 0.385. The van der Waals surface area contributed by atoms with Gasteiger partial charge in [0.1, 0.15) is 5.56 Å². The Morgan fingerprint density at radius 2 is 2.05 bits per heavy atom. The highest BCUT2D eigenvalue weighted by molar-refractivity contribution is 6.31. The minimum absolute atomic E-state index is 0.104. The summed E-state index contributed by atoms with van der Waals surface area (Å²) < 4.78 is 10.0. The monoisotopic (exact) mass is 331 g/mol. The molecule has 1 aromatic rings. The first-order valence-corrected chi connectivity index (χ1v) is 6.74. The number of benzene rings is 1. The largest absolute Gasteiger partial charge is 0.478 e. The number of halogens is 1. The van der Waals surface area contributed by atoms with Crippen molar-refractivity contribution in [3.63, 3.8) is 0 Å². The Hall–Kier alpha value is -2.35. The maximum atomic E-state index is 11.7. The van der Waals surface area contributed by atoms with E-state index >= 15 is 0 Å². The van der Waals surface area contributed by atoms with E-state index in [2.05, 4.69) is 0 Å². The number of carbonyl (C=O) groups excluding carboxylic acids is 1. The van der Waals surface area contributed by atoms with Gasteiger partial charge >= 0.3 is 17.6 Å². The summed E-state index contributed by atoms with van der Waals surface area (Å²) in [6.07, 6.45) is -1.00. The first-order valence-electron chi connectivity index (χ1n) is 6.36. The molecule has 0 bridgehead atoms. The first kappa shape index (κ1) is 17.7. The van der Waals surface area contributed by atoms with E-state index in [4.69, 9.17) is 26.2 Å². The number of nitro groups is 1. The van der Waals surface area contributed by atoms with Crippen molar-refractivity contribution < 1.29 is 29.1 Å². The van der Waals surface area contributed by atoms with Crippen molar-refractivity contribution in [1.29, 1.82) is 0 Å². The molecular formula is C13H14ClNO7. The van der Waals surface area contributed by atoms with Crippen LogP contribution in [0.25, 0.3) is 0 Å². The van der Waals surface area contributed by atoms with Crippen molar-refractivity contribution in [3.05, 3.63) is 32.8 Å². The Morgan fingerprint density at radius 1 is 1.41 bits per heavy atom. The molecule has 1 atom stereocenters. The molecule has 0 aromatic heterocycles. The fourth-order valence-corrected chi connectivity index (χ4v) is 1.89. The fourth-order valence-electron chi connectivity index (χ4n) is 1.67. The SMILES string of the molecule is CCOC(=O)C(CC)Oc1c(C(=O)O)cc(Cl)cc1[N+](=O)[O-]. The van der Waals surface area contributed by atoms with Crippen LogP contribution < -0.4 is 4.74 Å². The van der Waals surface area contributed by atoms with Crippen molar-refractivity contribution in [2.75, 3.05) is 6.61 Å².